The maximum Gasteiger partial charge on any atom is 0.331 e. The summed E-state index contributed by atoms with van der Waals surface area (Å²) < 4.78 is 0. The van der Waals surface area contributed by atoms with Gasteiger partial charge in [-0.05, 0) is 64.6 Å². The number of hydrogen-bond donors (Lipinski definition) is 6. The van der Waals surface area contributed by atoms with Crippen LogP contribution in [0.3, 0.4) is 0 Å². The monoisotopic (exact) mass is 774 g/mol. The van der Waals surface area contributed by atoms with Gasteiger partial charge in [0.1, 0.15) is 6.04 Å². The first-order valence-corrected chi connectivity index (χ1v) is 18.1. The van der Waals surface area contributed by atoms with E-state index in [1.807, 2.05) is 0 Å². The number of H-pyrrole nitrogens is 1. The zero-order valence-corrected chi connectivity index (χ0v) is 33.5. The fraction of sp³-hybridized carbons (Fsp3) is 0.488. The third kappa shape index (κ3) is 8.25. The van der Waals surface area contributed by atoms with Crippen LogP contribution in [0.25, 0.3) is 10.9 Å². The van der Waals surface area contributed by atoms with Crippen molar-refractivity contribution in [3.05, 3.63) is 63.9 Å². The van der Waals surface area contributed by atoms with Gasteiger partial charge in [-0.25, -0.2) is 9.78 Å². The van der Waals surface area contributed by atoms with Crippen LogP contribution in [-0.2, 0) is 25.7 Å². The van der Waals surface area contributed by atoms with Crippen molar-refractivity contribution >= 4 is 52.3 Å². The van der Waals surface area contributed by atoms with Gasteiger partial charge in [0.15, 0.2) is 5.54 Å². The first-order chi connectivity index (χ1) is 25.7. The van der Waals surface area contributed by atoms with Crippen molar-refractivity contribution < 1.29 is 39.3 Å². The van der Waals surface area contributed by atoms with Crippen molar-refractivity contribution in [3.63, 3.8) is 0 Å². The summed E-state index contributed by atoms with van der Waals surface area (Å²) in [6, 6.07) is 9.53. The first kappa shape index (κ1) is 44.6. The van der Waals surface area contributed by atoms with E-state index in [0.29, 0.717) is 27.1 Å². The Bertz CT molecular complexity index is 2090. The Morgan fingerprint density at radius 1 is 0.893 bits per heavy atom. The Morgan fingerprint density at radius 2 is 1.46 bits per heavy atom. The fourth-order valence-corrected chi connectivity index (χ4v) is 8.64. The van der Waals surface area contributed by atoms with E-state index in [1.165, 1.54) is 32.9 Å². The number of nitrogens with one attached hydrogen (secondary N) is 1. The highest BCUT2D eigenvalue weighted by Gasteiger charge is 2.75. The van der Waals surface area contributed by atoms with Crippen LogP contribution in [0, 0.1) is 34.0 Å². The number of nitrogens with two attached hydrogens (primary N) is 2. The highest BCUT2D eigenvalue weighted by Crippen LogP contribution is 2.66. The number of aromatic amines is 1. The second-order valence-electron chi connectivity index (χ2n) is 17.2. The number of fused-ring (bicyclic) bond motifs is 1. The smallest absolute Gasteiger partial charge is 0.331 e. The molecule has 0 aliphatic rings. The minimum Gasteiger partial charge on any atom is -0.481 e. The number of carboxylic acids is 3. The average Bonchev–Trinajstić information content (AvgIpc) is 3.06. The van der Waals surface area contributed by atoms with Crippen molar-refractivity contribution in [3.8, 4) is 12.3 Å². The summed E-state index contributed by atoms with van der Waals surface area (Å²) in [5.41, 5.74) is 4.25. The Balaban J connectivity index is 2.32. The van der Waals surface area contributed by atoms with Crippen LogP contribution in [0.1, 0.15) is 97.5 Å². The first-order valence-electron chi connectivity index (χ1n) is 18.1. The molecule has 0 spiro atoms. The number of aromatic nitrogens is 2. The summed E-state index contributed by atoms with van der Waals surface area (Å²) in [4.78, 5) is 90.2. The second-order valence-corrected chi connectivity index (χ2v) is 17.2. The topological polar surface area (TPSA) is 250 Å². The van der Waals surface area contributed by atoms with Crippen LogP contribution in [0.5, 0.6) is 0 Å². The maximum absolute atomic E-state index is 15.1. The molecule has 0 fully saturated rings. The minimum absolute atomic E-state index is 0.0181. The highest BCUT2D eigenvalue weighted by atomic mass is 16.4. The van der Waals surface area contributed by atoms with Gasteiger partial charge in [0, 0.05) is 29.6 Å². The number of carbonyl (C=O) groups is 5. The number of imide groups is 1. The van der Waals surface area contributed by atoms with Gasteiger partial charge < -0.3 is 31.7 Å². The van der Waals surface area contributed by atoms with Crippen LogP contribution in [0.2, 0.25) is 0 Å². The summed E-state index contributed by atoms with van der Waals surface area (Å²) in [5, 5.41) is 31.9. The molecule has 0 radical (unpaired) electrons. The zero-order chi connectivity index (χ0) is 42.8. The number of terminal acetylenes is 1. The molecular formula is C41H54N6O9. The largest absolute Gasteiger partial charge is 0.481 e. The number of rotatable bonds is 14. The Kier molecular flexibility index (Phi) is 12.9. The van der Waals surface area contributed by atoms with Crippen molar-refractivity contribution in [2.75, 3.05) is 17.2 Å². The number of hydrogen-bond acceptors (Lipinski definition) is 10. The van der Waals surface area contributed by atoms with Gasteiger partial charge in [0.2, 0.25) is 11.9 Å². The second kappa shape index (κ2) is 16.2. The molecule has 3 rings (SSSR count). The quantitative estimate of drug-likeness (QED) is 0.121. The predicted octanol–water partition coefficient (Wildman–Crippen LogP) is 4.73. The number of carboxylic acid groups (broad SMARTS) is 3. The number of nitrogens with zero attached hydrogens (tertiary/aromatic N) is 3. The summed E-state index contributed by atoms with van der Waals surface area (Å²) in [6.07, 6.45) is 3.91. The summed E-state index contributed by atoms with van der Waals surface area (Å²) in [5.74, 6) is -3.83. The zero-order valence-electron chi connectivity index (χ0n) is 33.5. The van der Waals surface area contributed by atoms with Gasteiger partial charge in [-0.1, -0.05) is 74.3 Å². The van der Waals surface area contributed by atoms with Crippen molar-refractivity contribution in [2.45, 2.75) is 99.7 Å². The molecule has 0 saturated heterocycles. The summed E-state index contributed by atoms with van der Waals surface area (Å²) in [7, 11) is 0. The third-order valence-corrected chi connectivity index (χ3v) is 10.7. The maximum atomic E-state index is 15.1. The molecule has 15 nitrogen and oxygen atoms in total. The van der Waals surface area contributed by atoms with Crippen LogP contribution in [-0.4, -0.2) is 78.0 Å². The van der Waals surface area contributed by atoms with E-state index in [4.69, 9.17) is 17.9 Å². The Labute approximate surface area is 326 Å². The van der Waals surface area contributed by atoms with Crippen molar-refractivity contribution in [1.29, 1.82) is 0 Å². The molecular weight excluding hydrogens is 720 g/mol. The predicted molar refractivity (Wildman–Crippen MR) is 213 cm³/mol. The third-order valence-electron chi connectivity index (χ3n) is 10.7. The molecule has 1 heterocycles. The standard InChI is InChI=1S/C41H54N6O9/c1-11-20-46(23-24-12-18-29-27(21-24)32(51)45-36(43)44-29)26-15-13-25(14-16-26)33(52)47(30(48)19-17-28(42)34(53)54)41(35(55)56,39(8,9)10)40(22-31(49)50,37(2,3)4)38(5,6)7/h1,12-16,18,21,28H,17,19-20,22-23,42H2,2-10H3,(H,49,50)(H,53,54)(H,55,56)(H3,43,44,45,51)/t28-,41+/m0/s1. The van der Waals surface area contributed by atoms with Gasteiger partial charge in [0.25, 0.3) is 11.5 Å². The molecule has 2 aromatic carbocycles. The molecule has 302 valence electrons. The number of aliphatic carboxylic acids is 3. The summed E-state index contributed by atoms with van der Waals surface area (Å²) >= 11 is 0. The minimum atomic E-state index is -2.56. The molecule has 0 unspecified atom stereocenters. The molecule has 1 aromatic heterocycles. The molecule has 56 heavy (non-hydrogen) atoms. The Morgan fingerprint density at radius 3 is 1.93 bits per heavy atom. The van der Waals surface area contributed by atoms with E-state index in [0.717, 1.165) is 0 Å². The van der Waals surface area contributed by atoms with Gasteiger partial charge in [-0.3, -0.25) is 33.9 Å². The molecule has 15 heteroatoms. The number of anilines is 2. The number of nitrogen functional groups attached to an aromatic ring is 1. The number of amides is 2. The summed E-state index contributed by atoms with van der Waals surface area (Å²) in [6.45, 7) is 15.1. The molecule has 3 aromatic rings. The average molecular weight is 775 g/mol. The SMILES string of the molecule is C#CCN(Cc1ccc2nc(N)[nH]c(=O)c2c1)c1ccc(C(=O)N(C(=O)CC[C@H](N)C(=O)O)[C@](C(=O)O)(C(C)(C)C)C(CC(=O)O)(C(C)(C)C)C(C)(C)C)cc1. The molecule has 0 bridgehead atoms. The van der Waals surface area contributed by atoms with E-state index in [9.17, 15) is 39.3 Å². The van der Waals surface area contributed by atoms with Crippen molar-refractivity contribution in [1.82, 2.24) is 14.9 Å². The van der Waals surface area contributed by atoms with Crippen LogP contribution >= 0.6 is 0 Å². The van der Waals surface area contributed by atoms with Crippen LogP contribution in [0.15, 0.2) is 47.3 Å². The van der Waals surface area contributed by atoms with Gasteiger partial charge in [-0.15, -0.1) is 6.42 Å². The lowest BCUT2D eigenvalue weighted by Crippen LogP contribution is -2.79. The molecule has 0 saturated carbocycles. The van der Waals surface area contributed by atoms with Crippen LogP contribution in [0.4, 0.5) is 11.6 Å². The normalized spacial score (nSPS) is 13.9. The van der Waals surface area contributed by atoms with Gasteiger partial charge >= 0.3 is 17.9 Å². The molecule has 2 atom stereocenters. The van der Waals surface area contributed by atoms with E-state index in [-0.39, 0.29) is 24.6 Å². The van der Waals surface area contributed by atoms with Gasteiger partial charge in [-0.2, -0.15) is 0 Å². The number of carbonyl (C=O) groups excluding carboxylic acids is 2. The molecule has 8 N–H and O–H groups in total. The number of benzene rings is 2. The van der Waals surface area contributed by atoms with E-state index < -0.39 is 87.8 Å². The highest BCUT2D eigenvalue weighted by molar-refractivity contribution is 6.09. The molecule has 2 amide bonds. The van der Waals surface area contributed by atoms with Crippen molar-refractivity contribution in [2.24, 2.45) is 27.4 Å². The molecule has 0 aliphatic heterocycles. The lowest BCUT2D eigenvalue weighted by molar-refractivity contribution is -0.220. The van der Waals surface area contributed by atoms with Gasteiger partial charge in [0.05, 0.1) is 23.9 Å². The van der Waals surface area contributed by atoms with E-state index in [2.05, 4.69) is 15.9 Å². The lowest BCUT2D eigenvalue weighted by Gasteiger charge is -2.67. The van der Waals surface area contributed by atoms with E-state index >= 15 is 4.79 Å². The van der Waals surface area contributed by atoms with Crippen LogP contribution < -0.4 is 21.9 Å². The van der Waals surface area contributed by atoms with E-state index in [1.54, 1.807) is 76.8 Å². The lowest BCUT2D eigenvalue weighted by atomic mass is 9.40. The Hall–Kier alpha value is -5.75. The fourth-order valence-electron chi connectivity index (χ4n) is 8.64. The molecule has 0 aliphatic carbocycles.